The molecule has 3 aliphatic rings. The summed E-state index contributed by atoms with van der Waals surface area (Å²) >= 11 is 0. The first kappa shape index (κ1) is 7.56. The van der Waals surface area contributed by atoms with Gasteiger partial charge in [-0.25, -0.2) is 0 Å². The molecule has 0 saturated heterocycles. The SMILES string of the molecule is NCC12CCC(N)(CC1)CC2. The molecule has 2 nitrogen and oxygen atoms in total. The Morgan fingerprint density at radius 1 is 0.909 bits per heavy atom. The van der Waals surface area contributed by atoms with E-state index in [4.69, 9.17) is 11.5 Å². The van der Waals surface area contributed by atoms with E-state index in [2.05, 4.69) is 0 Å². The molecule has 0 aromatic heterocycles. The predicted molar refractivity (Wildman–Crippen MR) is 46.1 cm³/mol. The molecule has 0 spiro atoms. The van der Waals surface area contributed by atoms with Crippen molar-refractivity contribution in [3.8, 4) is 0 Å². The van der Waals surface area contributed by atoms with Crippen molar-refractivity contribution in [1.82, 2.24) is 0 Å². The van der Waals surface area contributed by atoms with Crippen LogP contribution in [0.2, 0.25) is 0 Å². The number of hydrogen-bond donors (Lipinski definition) is 2. The minimum absolute atomic E-state index is 0.205. The Labute approximate surface area is 68.3 Å². The third kappa shape index (κ3) is 1.09. The highest BCUT2D eigenvalue weighted by atomic mass is 14.8. The minimum atomic E-state index is 0.205. The van der Waals surface area contributed by atoms with Gasteiger partial charge in [0.25, 0.3) is 0 Å². The molecule has 11 heavy (non-hydrogen) atoms. The van der Waals surface area contributed by atoms with E-state index in [9.17, 15) is 0 Å². The zero-order valence-electron chi connectivity index (χ0n) is 7.10. The number of nitrogens with two attached hydrogens (primary N) is 2. The van der Waals surface area contributed by atoms with Crippen LogP contribution in [0.5, 0.6) is 0 Å². The zero-order valence-corrected chi connectivity index (χ0v) is 7.10. The first-order chi connectivity index (χ1) is 5.18. The van der Waals surface area contributed by atoms with E-state index in [1.807, 2.05) is 0 Å². The molecule has 0 radical (unpaired) electrons. The lowest BCUT2D eigenvalue weighted by molar-refractivity contribution is 0.0522. The van der Waals surface area contributed by atoms with Gasteiger partial charge in [0.05, 0.1) is 0 Å². The Kier molecular flexibility index (Phi) is 1.52. The molecular weight excluding hydrogens is 136 g/mol. The Morgan fingerprint density at radius 3 is 1.73 bits per heavy atom. The largest absolute Gasteiger partial charge is 0.330 e. The van der Waals surface area contributed by atoms with Gasteiger partial charge >= 0.3 is 0 Å². The van der Waals surface area contributed by atoms with Crippen molar-refractivity contribution >= 4 is 0 Å². The Balaban J connectivity index is 2.12. The second-order valence-corrected chi connectivity index (χ2v) is 4.57. The Hall–Kier alpha value is -0.0800. The molecule has 0 amide bonds. The maximum atomic E-state index is 6.17. The van der Waals surface area contributed by atoms with Crippen LogP contribution in [0.15, 0.2) is 0 Å². The molecule has 3 aliphatic carbocycles. The van der Waals surface area contributed by atoms with E-state index in [0.29, 0.717) is 5.41 Å². The summed E-state index contributed by atoms with van der Waals surface area (Å²) in [7, 11) is 0. The lowest BCUT2D eigenvalue weighted by atomic mass is 9.58. The molecule has 0 aliphatic heterocycles. The highest BCUT2D eigenvalue weighted by Crippen LogP contribution is 2.50. The fraction of sp³-hybridized carbons (Fsp3) is 1.00. The van der Waals surface area contributed by atoms with Crippen molar-refractivity contribution in [1.29, 1.82) is 0 Å². The van der Waals surface area contributed by atoms with Gasteiger partial charge in [-0.3, -0.25) is 0 Å². The van der Waals surface area contributed by atoms with Crippen LogP contribution < -0.4 is 11.5 Å². The van der Waals surface area contributed by atoms with Gasteiger partial charge < -0.3 is 11.5 Å². The van der Waals surface area contributed by atoms with Crippen LogP contribution in [0.1, 0.15) is 38.5 Å². The summed E-state index contributed by atoms with van der Waals surface area (Å²) in [5.74, 6) is 0. The third-order valence-corrected chi connectivity index (χ3v) is 3.89. The maximum absolute atomic E-state index is 6.17. The van der Waals surface area contributed by atoms with E-state index in [1.54, 1.807) is 0 Å². The smallest absolute Gasteiger partial charge is 0.0155 e. The van der Waals surface area contributed by atoms with Gasteiger partial charge in [-0.05, 0) is 50.5 Å². The highest BCUT2D eigenvalue weighted by Gasteiger charge is 2.45. The van der Waals surface area contributed by atoms with E-state index >= 15 is 0 Å². The van der Waals surface area contributed by atoms with Crippen LogP contribution in [0.3, 0.4) is 0 Å². The lowest BCUT2D eigenvalue weighted by Crippen LogP contribution is -2.53. The van der Waals surface area contributed by atoms with Gasteiger partial charge in [0.2, 0.25) is 0 Å². The molecule has 3 fully saturated rings. The maximum Gasteiger partial charge on any atom is 0.0155 e. The van der Waals surface area contributed by atoms with Gasteiger partial charge in [-0.15, -0.1) is 0 Å². The Bertz CT molecular complexity index is 140. The summed E-state index contributed by atoms with van der Waals surface area (Å²) in [5, 5.41) is 0. The summed E-state index contributed by atoms with van der Waals surface area (Å²) in [6.07, 6.45) is 7.47. The molecule has 4 N–H and O–H groups in total. The van der Waals surface area contributed by atoms with Crippen molar-refractivity contribution < 1.29 is 0 Å². The van der Waals surface area contributed by atoms with E-state index in [-0.39, 0.29) is 5.54 Å². The fourth-order valence-corrected chi connectivity index (χ4v) is 2.60. The second kappa shape index (κ2) is 2.20. The molecule has 3 saturated carbocycles. The van der Waals surface area contributed by atoms with Gasteiger partial charge in [-0.1, -0.05) is 0 Å². The van der Waals surface area contributed by atoms with Crippen molar-refractivity contribution in [2.24, 2.45) is 16.9 Å². The fourth-order valence-electron chi connectivity index (χ4n) is 2.60. The molecule has 0 aromatic carbocycles. The quantitative estimate of drug-likeness (QED) is 0.592. The first-order valence-electron chi connectivity index (χ1n) is 4.67. The highest BCUT2D eigenvalue weighted by molar-refractivity contribution is 5.02. The normalized spacial score (nSPS) is 49.6. The molecular formula is C9H18N2. The summed E-state index contributed by atoms with van der Waals surface area (Å²) in [6.45, 7) is 0.878. The summed E-state index contributed by atoms with van der Waals surface area (Å²) in [5.41, 5.74) is 12.7. The van der Waals surface area contributed by atoms with Crippen LogP contribution >= 0.6 is 0 Å². The molecule has 0 atom stereocenters. The first-order valence-corrected chi connectivity index (χ1v) is 4.67. The van der Waals surface area contributed by atoms with Crippen LogP contribution in [0, 0.1) is 5.41 Å². The Morgan fingerprint density at radius 2 is 1.36 bits per heavy atom. The lowest BCUT2D eigenvalue weighted by Gasteiger charge is -2.51. The third-order valence-electron chi connectivity index (χ3n) is 3.89. The average molecular weight is 154 g/mol. The van der Waals surface area contributed by atoms with E-state index < -0.39 is 0 Å². The van der Waals surface area contributed by atoms with Crippen molar-refractivity contribution in [2.75, 3.05) is 6.54 Å². The zero-order chi connectivity index (χ0) is 7.95. The van der Waals surface area contributed by atoms with Crippen molar-refractivity contribution in [3.63, 3.8) is 0 Å². The summed E-state index contributed by atoms with van der Waals surface area (Å²) in [6, 6.07) is 0. The van der Waals surface area contributed by atoms with Gasteiger partial charge in [-0.2, -0.15) is 0 Å². The van der Waals surface area contributed by atoms with Crippen LogP contribution in [-0.2, 0) is 0 Å². The molecule has 0 aromatic rings. The minimum Gasteiger partial charge on any atom is -0.330 e. The number of hydrogen-bond acceptors (Lipinski definition) is 2. The topological polar surface area (TPSA) is 52.0 Å². The van der Waals surface area contributed by atoms with E-state index in [0.717, 1.165) is 6.54 Å². The average Bonchev–Trinajstić information content (AvgIpc) is 2.07. The van der Waals surface area contributed by atoms with Gasteiger partial charge in [0.15, 0.2) is 0 Å². The second-order valence-electron chi connectivity index (χ2n) is 4.57. The van der Waals surface area contributed by atoms with Crippen LogP contribution in [-0.4, -0.2) is 12.1 Å². The molecule has 64 valence electrons. The van der Waals surface area contributed by atoms with E-state index in [1.165, 1.54) is 38.5 Å². The van der Waals surface area contributed by atoms with Crippen molar-refractivity contribution in [3.05, 3.63) is 0 Å². The van der Waals surface area contributed by atoms with Crippen LogP contribution in [0.4, 0.5) is 0 Å². The molecule has 2 heteroatoms. The molecule has 3 rings (SSSR count). The number of rotatable bonds is 1. The van der Waals surface area contributed by atoms with Crippen molar-refractivity contribution in [2.45, 2.75) is 44.1 Å². The van der Waals surface area contributed by atoms with Gasteiger partial charge in [0, 0.05) is 5.54 Å². The number of fused-ring (bicyclic) bond motifs is 3. The predicted octanol–water partition coefficient (Wildman–Crippen LogP) is 0.997. The molecule has 0 heterocycles. The van der Waals surface area contributed by atoms with Crippen LogP contribution in [0.25, 0.3) is 0 Å². The molecule has 2 bridgehead atoms. The standard InChI is InChI=1S/C9H18N2/c10-7-8-1-4-9(11,5-2-8)6-3-8/h1-7,10-11H2. The summed E-state index contributed by atoms with van der Waals surface area (Å²) < 4.78 is 0. The summed E-state index contributed by atoms with van der Waals surface area (Å²) in [4.78, 5) is 0. The molecule has 0 unspecified atom stereocenters. The monoisotopic (exact) mass is 154 g/mol. The van der Waals surface area contributed by atoms with Gasteiger partial charge in [0.1, 0.15) is 0 Å².